The van der Waals surface area contributed by atoms with Crippen molar-refractivity contribution in [3.63, 3.8) is 0 Å². The summed E-state index contributed by atoms with van der Waals surface area (Å²) >= 11 is 0. The van der Waals surface area contributed by atoms with Crippen LogP contribution in [-0.4, -0.2) is 5.97 Å². The van der Waals surface area contributed by atoms with E-state index in [-0.39, 0.29) is 0 Å². The SMILES string of the molecule is CCCC(=O)OP=O. The zero-order valence-corrected chi connectivity index (χ0v) is 5.48. The first-order chi connectivity index (χ1) is 3.81. The molecule has 0 unspecified atom stereocenters. The van der Waals surface area contributed by atoms with Crippen molar-refractivity contribution in [3.05, 3.63) is 0 Å². The molecule has 3 nitrogen and oxygen atoms in total. The fraction of sp³-hybridized carbons (Fsp3) is 0.750. The number of carbonyl (C=O) groups is 1. The van der Waals surface area contributed by atoms with Crippen LogP contribution in [0.1, 0.15) is 19.8 Å². The third-order valence-corrected chi connectivity index (χ3v) is 0.871. The molecule has 0 aromatic heterocycles. The second kappa shape index (κ2) is 4.72. The Bertz CT molecular complexity index is 91.3. The summed E-state index contributed by atoms with van der Waals surface area (Å²) in [6.45, 7) is 1.85. The highest BCUT2D eigenvalue weighted by Gasteiger charge is 1.97. The van der Waals surface area contributed by atoms with E-state index < -0.39 is 14.7 Å². The Balaban J connectivity index is 3.18. The molecule has 0 saturated heterocycles. The number of carbonyl (C=O) groups excluding carboxylic acids is 1. The summed E-state index contributed by atoms with van der Waals surface area (Å²) in [5, 5.41) is 0. The van der Waals surface area contributed by atoms with Gasteiger partial charge >= 0.3 is 14.7 Å². The molecule has 0 heterocycles. The maximum atomic E-state index is 10.2. The van der Waals surface area contributed by atoms with Crippen LogP contribution in [0.3, 0.4) is 0 Å². The lowest BCUT2D eigenvalue weighted by Gasteiger charge is -1.87. The maximum Gasteiger partial charge on any atom is 0.398 e. The quantitative estimate of drug-likeness (QED) is 0.550. The Morgan fingerprint density at radius 1 is 1.75 bits per heavy atom. The Morgan fingerprint density at radius 3 is 2.75 bits per heavy atom. The monoisotopic (exact) mass is 134 g/mol. The second-order valence-electron chi connectivity index (χ2n) is 1.29. The van der Waals surface area contributed by atoms with Gasteiger partial charge in [0, 0.05) is 6.42 Å². The molecule has 0 aromatic carbocycles. The molecule has 0 aliphatic heterocycles. The van der Waals surface area contributed by atoms with Gasteiger partial charge in [-0.15, -0.1) is 0 Å². The van der Waals surface area contributed by atoms with Gasteiger partial charge in [0.05, 0.1) is 0 Å². The maximum absolute atomic E-state index is 10.2. The summed E-state index contributed by atoms with van der Waals surface area (Å²) < 4.78 is 13.6. The molecule has 4 heteroatoms. The van der Waals surface area contributed by atoms with Gasteiger partial charge in [0.2, 0.25) is 0 Å². The summed E-state index contributed by atoms with van der Waals surface area (Å²) in [6, 6.07) is 0. The zero-order chi connectivity index (χ0) is 6.41. The molecule has 8 heavy (non-hydrogen) atoms. The van der Waals surface area contributed by atoms with E-state index in [0.29, 0.717) is 6.42 Å². The minimum atomic E-state index is -0.551. The molecule has 0 spiro atoms. The first-order valence-electron chi connectivity index (χ1n) is 2.33. The highest BCUT2D eigenvalue weighted by Crippen LogP contribution is 1.99. The Kier molecular flexibility index (Phi) is 4.47. The van der Waals surface area contributed by atoms with Crippen molar-refractivity contribution in [2.45, 2.75) is 19.8 Å². The van der Waals surface area contributed by atoms with Crippen LogP contribution in [0.15, 0.2) is 0 Å². The molecular weight excluding hydrogens is 127 g/mol. The van der Waals surface area contributed by atoms with E-state index in [2.05, 4.69) is 4.52 Å². The normalized spacial score (nSPS) is 9.12. The molecule has 0 aliphatic rings. The van der Waals surface area contributed by atoms with Crippen molar-refractivity contribution in [2.75, 3.05) is 0 Å². The highest BCUT2D eigenvalue weighted by molar-refractivity contribution is 7.18. The lowest BCUT2D eigenvalue weighted by atomic mass is 10.4. The van der Waals surface area contributed by atoms with Gasteiger partial charge in [-0.25, -0.2) is 4.57 Å². The van der Waals surface area contributed by atoms with Gasteiger partial charge in [-0.1, -0.05) is 6.92 Å². The van der Waals surface area contributed by atoms with Crippen molar-refractivity contribution in [1.82, 2.24) is 0 Å². The molecule has 0 saturated carbocycles. The molecule has 0 rings (SSSR count). The molecule has 0 fully saturated rings. The fourth-order valence-electron chi connectivity index (χ4n) is 0.291. The van der Waals surface area contributed by atoms with Gasteiger partial charge < -0.3 is 4.52 Å². The van der Waals surface area contributed by atoms with E-state index in [4.69, 9.17) is 0 Å². The number of hydrogen-bond acceptors (Lipinski definition) is 3. The van der Waals surface area contributed by atoms with Crippen molar-refractivity contribution in [1.29, 1.82) is 0 Å². The largest absolute Gasteiger partial charge is 0.398 e. The van der Waals surface area contributed by atoms with Crippen LogP contribution in [0.25, 0.3) is 0 Å². The van der Waals surface area contributed by atoms with Crippen molar-refractivity contribution < 1.29 is 13.9 Å². The molecule has 0 amide bonds. The van der Waals surface area contributed by atoms with Gasteiger partial charge in [0.1, 0.15) is 0 Å². The minimum Gasteiger partial charge on any atom is -0.373 e. The third-order valence-electron chi connectivity index (χ3n) is 0.593. The van der Waals surface area contributed by atoms with Crippen molar-refractivity contribution in [2.24, 2.45) is 0 Å². The average molecular weight is 134 g/mol. The molecular formula is C4H7O3P. The standard InChI is InChI=1S/C4H7O3P/c1-2-3-4(5)7-8-6/h2-3H2,1H3. The van der Waals surface area contributed by atoms with E-state index in [1.54, 1.807) is 0 Å². The van der Waals surface area contributed by atoms with E-state index in [9.17, 15) is 9.36 Å². The molecule has 46 valence electrons. The van der Waals surface area contributed by atoms with Crippen LogP contribution in [0.5, 0.6) is 0 Å². The van der Waals surface area contributed by atoms with Gasteiger partial charge in [0.15, 0.2) is 0 Å². The van der Waals surface area contributed by atoms with Gasteiger partial charge in [-0.05, 0) is 6.42 Å². The lowest BCUT2D eigenvalue weighted by Crippen LogP contribution is -1.93. The van der Waals surface area contributed by atoms with Crippen LogP contribution >= 0.6 is 8.69 Å². The summed E-state index contributed by atoms with van der Waals surface area (Å²) in [7, 11) is -0.551. The van der Waals surface area contributed by atoms with E-state index in [1.165, 1.54) is 0 Å². The van der Waals surface area contributed by atoms with Crippen LogP contribution in [0.2, 0.25) is 0 Å². The Hall–Kier alpha value is -0.430. The topological polar surface area (TPSA) is 43.4 Å². The first-order valence-corrected chi connectivity index (χ1v) is 3.06. The molecule has 0 aromatic rings. The Morgan fingerprint density at radius 2 is 2.38 bits per heavy atom. The van der Waals surface area contributed by atoms with Crippen molar-refractivity contribution in [3.8, 4) is 0 Å². The summed E-state index contributed by atoms with van der Waals surface area (Å²) in [4.78, 5) is 10.2. The van der Waals surface area contributed by atoms with E-state index in [1.807, 2.05) is 6.92 Å². The van der Waals surface area contributed by atoms with Crippen LogP contribution in [0, 0.1) is 0 Å². The van der Waals surface area contributed by atoms with Crippen LogP contribution < -0.4 is 0 Å². The second-order valence-corrected chi connectivity index (χ2v) is 1.62. The molecule has 0 atom stereocenters. The fourth-order valence-corrected chi connectivity index (χ4v) is 0.466. The predicted molar refractivity (Wildman–Crippen MR) is 28.6 cm³/mol. The van der Waals surface area contributed by atoms with E-state index >= 15 is 0 Å². The van der Waals surface area contributed by atoms with Crippen molar-refractivity contribution >= 4 is 14.7 Å². The highest BCUT2D eigenvalue weighted by atomic mass is 31.1. The minimum absolute atomic E-state index is 0.342. The van der Waals surface area contributed by atoms with E-state index in [0.717, 1.165) is 6.42 Å². The lowest BCUT2D eigenvalue weighted by molar-refractivity contribution is -0.133. The number of hydrogen-bond donors (Lipinski definition) is 0. The summed E-state index contributed by atoms with van der Waals surface area (Å²) in [5.41, 5.74) is 0. The van der Waals surface area contributed by atoms with Gasteiger partial charge in [-0.3, -0.25) is 4.79 Å². The number of rotatable bonds is 3. The van der Waals surface area contributed by atoms with Crippen LogP contribution in [0.4, 0.5) is 0 Å². The van der Waals surface area contributed by atoms with Gasteiger partial charge in [-0.2, -0.15) is 0 Å². The first kappa shape index (κ1) is 7.57. The van der Waals surface area contributed by atoms with Crippen LogP contribution in [-0.2, 0) is 13.9 Å². The average Bonchev–Trinajstić information content (AvgIpc) is 1.68. The summed E-state index contributed by atoms with van der Waals surface area (Å²) in [5.74, 6) is -0.413. The Labute approximate surface area is 49.3 Å². The molecule has 0 N–H and O–H groups in total. The summed E-state index contributed by atoms with van der Waals surface area (Å²) in [6.07, 6.45) is 1.07. The van der Waals surface area contributed by atoms with Gasteiger partial charge in [0.25, 0.3) is 0 Å². The smallest absolute Gasteiger partial charge is 0.373 e. The predicted octanol–water partition coefficient (Wildman–Crippen LogP) is 1.54. The third kappa shape index (κ3) is 3.75. The molecule has 0 aliphatic carbocycles. The zero-order valence-electron chi connectivity index (χ0n) is 4.59. The molecule has 0 bridgehead atoms. The molecule has 0 radical (unpaired) electrons.